The lowest BCUT2D eigenvalue weighted by Crippen LogP contribution is -2.27. The Kier molecular flexibility index (Phi) is 5.03. The van der Waals surface area contributed by atoms with E-state index in [9.17, 15) is 9.18 Å². The molecular weight excluding hydrogens is 361 g/mol. The summed E-state index contributed by atoms with van der Waals surface area (Å²) in [4.78, 5) is 15.9. The van der Waals surface area contributed by atoms with Crippen molar-refractivity contribution >= 4 is 11.6 Å². The molecule has 0 radical (unpaired) electrons. The monoisotopic (exact) mass is 377 g/mol. The van der Waals surface area contributed by atoms with Crippen LogP contribution in [0.2, 0.25) is 5.02 Å². The molecule has 0 spiro atoms. The smallest absolute Gasteiger partial charge is 0.348 e. The molecule has 2 aromatic heterocycles. The minimum Gasteiger partial charge on any atom is -0.492 e. The predicted octanol–water partition coefficient (Wildman–Crippen LogP) is 2.62. The summed E-state index contributed by atoms with van der Waals surface area (Å²) >= 11 is 6.02. The fourth-order valence-electron chi connectivity index (χ4n) is 2.69. The first kappa shape index (κ1) is 18.1. The van der Waals surface area contributed by atoms with Crippen LogP contribution in [0.4, 0.5) is 4.39 Å². The van der Waals surface area contributed by atoms with Crippen LogP contribution < -0.4 is 10.4 Å². The van der Waals surface area contributed by atoms with Crippen LogP contribution in [-0.2, 0) is 13.1 Å². The second-order valence-electron chi connectivity index (χ2n) is 5.81. The zero-order valence-corrected chi connectivity index (χ0v) is 15.3. The average molecular weight is 378 g/mol. The molecule has 3 aromatic rings. The molecule has 0 saturated carbocycles. The topological polar surface area (TPSA) is 74.8 Å². The van der Waals surface area contributed by atoms with Crippen molar-refractivity contribution < 1.29 is 9.13 Å². The molecule has 0 unspecified atom stereocenters. The second-order valence-corrected chi connectivity index (χ2v) is 6.22. The minimum atomic E-state index is -0.572. The van der Waals surface area contributed by atoms with Crippen LogP contribution in [0.3, 0.4) is 0 Å². The maximum atomic E-state index is 14.0. The number of halogens is 2. The molecule has 0 amide bonds. The molecule has 3 rings (SSSR count). The van der Waals surface area contributed by atoms with E-state index in [1.807, 2.05) is 13.0 Å². The van der Waals surface area contributed by atoms with Gasteiger partial charge in [-0.15, -0.1) is 5.10 Å². The van der Waals surface area contributed by atoms with Crippen molar-refractivity contribution in [3.8, 4) is 17.0 Å². The Morgan fingerprint density at radius 2 is 2.00 bits per heavy atom. The lowest BCUT2D eigenvalue weighted by Gasteiger charge is -2.09. The van der Waals surface area contributed by atoms with Crippen molar-refractivity contribution in [3.63, 3.8) is 0 Å². The van der Waals surface area contributed by atoms with E-state index in [1.165, 1.54) is 13.2 Å². The van der Waals surface area contributed by atoms with Gasteiger partial charge >= 0.3 is 5.69 Å². The van der Waals surface area contributed by atoms with E-state index in [4.69, 9.17) is 16.3 Å². The zero-order chi connectivity index (χ0) is 18.8. The van der Waals surface area contributed by atoms with E-state index in [2.05, 4.69) is 15.3 Å². The highest BCUT2D eigenvalue weighted by molar-refractivity contribution is 6.32. The Balaban J connectivity index is 1.80. The summed E-state index contributed by atoms with van der Waals surface area (Å²) in [6.07, 6.45) is 1.67. The molecule has 0 atom stereocenters. The first-order valence-electron chi connectivity index (χ1n) is 7.87. The summed E-state index contributed by atoms with van der Waals surface area (Å²) in [5.74, 6) is -0.581. The summed E-state index contributed by atoms with van der Waals surface area (Å²) in [7, 11) is 1.35. The van der Waals surface area contributed by atoms with E-state index >= 15 is 0 Å². The SMILES string of the molecule is COc1c(F)cc(-c2cn(CCn3c(C)cc(C)nc3=O)nn2)cc1Cl. The molecule has 0 bridgehead atoms. The molecule has 0 aliphatic rings. The number of rotatable bonds is 5. The first-order chi connectivity index (χ1) is 12.4. The lowest BCUT2D eigenvalue weighted by molar-refractivity contribution is 0.387. The van der Waals surface area contributed by atoms with Gasteiger partial charge in [0, 0.05) is 23.5 Å². The molecule has 0 N–H and O–H groups in total. The normalized spacial score (nSPS) is 11.0. The van der Waals surface area contributed by atoms with E-state index in [-0.39, 0.29) is 16.5 Å². The fraction of sp³-hybridized carbons (Fsp3) is 0.294. The lowest BCUT2D eigenvalue weighted by atomic mass is 10.1. The van der Waals surface area contributed by atoms with Gasteiger partial charge in [0.1, 0.15) is 5.69 Å². The maximum Gasteiger partial charge on any atom is 0.348 e. The van der Waals surface area contributed by atoms with Crippen LogP contribution in [-0.4, -0.2) is 31.7 Å². The standard InChI is InChI=1S/C17H17ClFN5O2/c1-10-6-11(2)24(17(25)20-10)5-4-23-9-15(21-22-23)12-7-13(18)16(26-3)14(19)8-12/h6-9H,4-5H2,1-3H3. The van der Waals surface area contributed by atoms with Gasteiger partial charge in [0.15, 0.2) is 11.6 Å². The van der Waals surface area contributed by atoms with E-state index in [0.29, 0.717) is 30.0 Å². The van der Waals surface area contributed by atoms with Crippen molar-refractivity contribution in [1.29, 1.82) is 0 Å². The number of methoxy groups -OCH3 is 1. The summed E-state index contributed by atoms with van der Waals surface area (Å²) in [6.45, 7) is 4.45. The quantitative estimate of drug-likeness (QED) is 0.683. The third-order valence-electron chi connectivity index (χ3n) is 3.94. The summed E-state index contributed by atoms with van der Waals surface area (Å²) in [5.41, 5.74) is 2.17. The van der Waals surface area contributed by atoms with Gasteiger partial charge in [-0.05, 0) is 32.0 Å². The van der Waals surface area contributed by atoms with Gasteiger partial charge in [-0.3, -0.25) is 9.25 Å². The van der Waals surface area contributed by atoms with Crippen LogP contribution in [0.15, 0.2) is 29.2 Å². The Bertz CT molecular complexity index is 992. The minimum absolute atomic E-state index is 0.00969. The molecule has 9 heteroatoms. The van der Waals surface area contributed by atoms with Crippen molar-refractivity contribution in [2.24, 2.45) is 0 Å². The third-order valence-corrected chi connectivity index (χ3v) is 4.22. The number of nitrogens with zero attached hydrogens (tertiary/aromatic N) is 5. The van der Waals surface area contributed by atoms with Gasteiger partial charge in [-0.2, -0.15) is 4.98 Å². The van der Waals surface area contributed by atoms with E-state index in [1.54, 1.807) is 28.4 Å². The molecule has 2 heterocycles. The molecule has 136 valence electrons. The van der Waals surface area contributed by atoms with Gasteiger partial charge in [-0.1, -0.05) is 16.8 Å². The van der Waals surface area contributed by atoms with Crippen LogP contribution in [0, 0.1) is 19.7 Å². The largest absolute Gasteiger partial charge is 0.492 e. The molecule has 0 fully saturated rings. The molecule has 7 nitrogen and oxygen atoms in total. The van der Waals surface area contributed by atoms with Crippen LogP contribution >= 0.6 is 11.6 Å². The van der Waals surface area contributed by atoms with Gasteiger partial charge in [-0.25, -0.2) is 9.18 Å². The van der Waals surface area contributed by atoms with E-state index in [0.717, 1.165) is 5.69 Å². The Labute approximate surface area is 154 Å². The van der Waals surface area contributed by atoms with Gasteiger partial charge < -0.3 is 4.74 Å². The molecule has 0 saturated heterocycles. The number of aromatic nitrogens is 5. The summed E-state index contributed by atoms with van der Waals surface area (Å²) < 4.78 is 22.0. The first-order valence-corrected chi connectivity index (χ1v) is 8.25. The zero-order valence-electron chi connectivity index (χ0n) is 14.5. The summed E-state index contributed by atoms with van der Waals surface area (Å²) in [5, 5.41) is 8.22. The Hall–Kier alpha value is -2.74. The van der Waals surface area contributed by atoms with Crippen molar-refractivity contribution in [2.45, 2.75) is 26.9 Å². The number of hydrogen-bond acceptors (Lipinski definition) is 5. The summed E-state index contributed by atoms with van der Waals surface area (Å²) in [6, 6.07) is 4.70. The van der Waals surface area contributed by atoms with E-state index < -0.39 is 5.82 Å². The number of benzene rings is 1. The van der Waals surface area contributed by atoms with Gasteiger partial charge in [0.25, 0.3) is 0 Å². The predicted molar refractivity (Wildman–Crippen MR) is 94.9 cm³/mol. The van der Waals surface area contributed by atoms with Crippen molar-refractivity contribution in [2.75, 3.05) is 7.11 Å². The molecule has 0 aliphatic carbocycles. The Morgan fingerprint density at radius 3 is 2.65 bits per heavy atom. The molecular formula is C17H17ClFN5O2. The highest BCUT2D eigenvalue weighted by atomic mass is 35.5. The highest BCUT2D eigenvalue weighted by Crippen LogP contribution is 2.32. The average Bonchev–Trinajstić information content (AvgIpc) is 3.02. The van der Waals surface area contributed by atoms with Crippen LogP contribution in [0.1, 0.15) is 11.4 Å². The van der Waals surface area contributed by atoms with Crippen LogP contribution in [0.25, 0.3) is 11.3 Å². The molecule has 0 aliphatic heterocycles. The highest BCUT2D eigenvalue weighted by Gasteiger charge is 2.13. The molecule has 1 aromatic carbocycles. The number of hydrogen-bond donors (Lipinski definition) is 0. The maximum absolute atomic E-state index is 14.0. The van der Waals surface area contributed by atoms with Gasteiger partial charge in [0.05, 0.1) is 24.9 Å². The van der Waals surface area contributed by atoms with Crippen molar-refractivity contribution in [3.05, 3.63) is 57.1 Å². The second kappa shape index (κ2) is 7.25. The Morgan fingerprint density at radius 1 is 1.23 bits per heavy atom. The fourth-order valence-corrected chi connectivity index (χ4v) is 2.98. The number of ether oxygens (including phenoxy) is 1. The third kappa shape index (κ3) is 3.60. The van der Waals surface area contributed by atoms with Gasteiger partial charge in [0.2, 0.25) is 0 Å². The van der Waals surface area contributed by atoms with Crippen molar-refractivity contribution in [1.82, 2.24) is 24.5 Å². The molecule has 26 heavy (non-hydrogen) atoms. The number of aryl methyl sites for hydroxylation is 3. The van der Waals surface area contributed by atoms with Crippen LogP contribution in [0.5, 0.6) is 5.75 Å².